The van der Waals surface area contributed by atoms with Crippen LogP contribution in [-0.2, 0) is 0 Å². The summed E-state index contributed by atoms with van der Waals surface area (Å²) in [6.07, 6.45) is 2.38. The van der Waals surface area contributed by atoms with Gasteiger partial charge in [0.1, 0.15) is 0 Å². The molecule has 0 fully saturated rings. The minimum atomic E-state index is 0.359. The fraction of sp³-hybridized carbons (Fsp3) is 0.889. The van der Waals surface area contributed by atoms with Crippen LogP contribution in [0.2, 0.25) is 0 Å². The predicted molar refractivity (Wildman–Crippen MR) is 43.2 cm³/mol. The molecule has 0 unspecified atom stereocenters. The number of hydrogen-bond donors (Lipinski definition) is 0. The van der Waals surface area contributed by atoms with Gasteiger partial charge in [-0.25, -0.2) is 0 Å². The number of rotatable bonds is 0. The van der Waals surface area contributed by atoms with Gasteiger partial charge in [-0.05, 0) is 17.3 Å². The zero-order chi connectivity index (χ0) is 7.71. The molecule has 9 heavy (non-hydrogen) atoms. The molecule has 0 saturated carbocycles. The van der Waals surface area contributed by atoms with E-state index in [2.05, 4.69) is 48.0 Å². The van der Waals surface area contributed by atoms with Crippen molar-refractivity contribution in [1.29, 1.82) is 0 Å². The Morgan fingerprint density at radius 1 is 0.667 bits per heavy atom. The Kier molecular flexibility index (Phi) is 2.32. The van der Waals surface area contributed by atoms with E-state index in [1.54, 1.807) is 0 Å². The van der Waals surface area contributed by atoms with Gasteiger partial charge in [-0.3, -0.25) is 0 Å². The normalized spacial score (nSPS) is 14.0. The summed E-state index contributed by atoms with van der Waals surface area (Å²) >= 11 is 0. The van der Waals surface area contributed by atoms with Crippen LogP contribution in [0.3, 0.4) is 0 Å². The van der Waals surface area contributed by atoms with E-state index >= 15 is 0 Å². The monoisotopic (exact) mass is 127 g/mol. The van der Waals surface area contributed by atoms with Gasteiger partial charge in [-0.15, -0.1) is 0 Å². The van der Waals surface area contributed by atoms with Crippen molar-refractivity contribution >= 4 is 0 Å². The molecule has 0 aromatic carbocycles. The van der Waals surface area contributed by atoms with Crippen LogP contribution in [0, 0.1) is 17.3 Å². The van der Waals surface area contributed by atoms with Crippen molar-refractivity contribution in [1.82, 2.24) is 0 Å². The largest absolute Gasteiger partial charge is 0.0599 e. The highest BCUT2D eigenvalue weighted by atomic mass is 14.3. The topological polar surface area (TPSA) is 0 Å². The van der Waals surface area contributed by atoms with Crippen LogP contribution >= 0.6 is 0 Å². The van der Waals surface area contributed by atoms with Crippen molar-refractivity contribution in [2.24, 2.45) is 10.8 Å². The summed E-state index contributed by atoms with van der Waals surface area (Å²) < 4.78 is 0. The Morgan fingerprint density at radius 2 is 0.889 bits per heavy atom. The molecule has 0 atom stereocenters. The standard InChI is InChI=1S/C9H19/c1-8(2,3)7-9(4,5)6/h7H,1-6H3. The molecule has 1 radical (unpaired) electrons. The Balaban J connectivity index is 3.75. The SMILES string of the molecule is CC(C)(C)[CH]C(C)(C)C. The first-order valence-corrected chi connectivity index (χ1v) is 3.58. The lowest BCUT2D eigenvalue weighted by atomic mass is 9.78. The number of hydrogen-bond acceptors (Lipinski definition) is 0. The van der Waals surface area contributed by atoms with Crippen LogP contribution in [0.15, 0.2) is 0 Å². The van der Waals surface area contributed by atoms with Gasteiger partial charge in [0.2, 0.25) is 0 Å². The van der Waals surface area contributed by atoms with E-state index in [1.807, 2.05) is 0 Å². The third-order valence-electron chi connectivity index (χ3n) is 0.866. The highest BCUT2D eigenvalue weighted by molar-refractivity contribution is 4.90. The molecule has 0 heterocycles. The van der Waals surface area contributed by atoms with Gasteiger partial charge < -0.3 is 0 Å². The Labute approximate surface area is 59.7 Å². The summed E-state index contributed by atoms with van der Waals surface area (Å²) in [5.41, 5.74) is 0.719. The van der Waals surface area contributed by atoms with Crippen LogP contribution in [0.25, 0.3) is 0 Å². The molecule has 0 heteroatoms. The molecular weight excluding hydrogens is 108 g/mol. The van der Waals surface area contributed by atoms with E-state index in [1.165, 1.54) is 0 Å². The average molecular weight is 127 g/mol. The molecule has 0 aromatic rings. The minimum absolute atomic E-state index is 0.359. The zero-order valence-corrected chi connectivity index (χ0v) is 7.58. The second-order valence-electron chi connectivity index (χ2n) is 4.88. The molecule has 0 aliphatic rings. The zero-order valence-electron chi connectivity index (χ0n) is 7.58. The summed E-state index contributed by atoms with van der Waals surface area (Å²) in [5.74, 6) is 0. The molecule has 55 valence electrons. The molecule has 0 aliphatic carbocycles. The Bertz CT molecular complexity index is 65.2. The van der Waals surface area contributed by atoms with Crippen molar-refractivity contribution in [2.45, 2.75) is 41.5 Å². The molecule has 0 bridgehead atoms. The fourth-order valence-electron chi connectivity index (χ4n) is 1.30. The molecule has 0 N–H and O–H groups in total. The molecule has 0 nitrogen and oxygen atoms in total. The Morgan fingerprint density at radius 3 is 0.889 bits per heavy atom. The van der Waals surface area contributed by atoms with Crippen molar-refractivity contribution < 1.29 is 0 Å². The fourth-order valence-corrected chi connectivity index (χ4v) is 1.30. The summed E-state index contributed by atoms with van der Waals surface area (Å²) in [7, 11) is 0. The van der Waals surface area contributed by atoms with Gasteiger partial charge in [0.15, 0.2) is 0 Å². The lowest BCUT2D eigenvalue weighted by Crippen LogP contribution is -2.18. The maximum Gasteiger partial charge on any atom is -0.0278 e. The smallest absolute Gasteiger partial charge is 0.0278 e. The van der Waals surface area contributed by atoms with Crippen molar-refractivity contribution in [3.63, 3.8) is 0 Å². The summed E-state index contributed by atoms with van der Waals surface area (Å²) in [4.78, 5) is 0. The third-order valence-corrected chi connectivity index (χ3v) is 0.866. The van der Waals surface area contributed by atoms with Crippen LogP contribution < -0.4 is 0 Å². The first-order chi connectivity index (χ1) is 3.71. The minimum Gasteiger partial charge on any atom is -0.0599 e. The molecule has 0 spiro atoms. The maximum absolute atomic E-state index is 2.38. The first kappa shape index (κ1) is 9.00. The van der Waals surface area contributed by atoms with E-state index in [9.17, 15) is 0 Å². The van der Waals surface area contributed by atoms with E-state index in [0.29, 0.717) is 10.8 Å². The van der Waals surface area contributed by atoms with Crippen LogP contribution in [0.4, 0.5) is 0 Å². The van der Waals surface area contributed by atoms with E-state index in [4.69, 9.17) is 0 Å². The lowest BCUT2D eigenvalue weighted by Gasteiger charge is -2.28. The van der Waals surface area contributed by atoms with E-state index < -0.39 is 0 Å². The van der Waals surface area contributed by atoms with Gasteiger partial charge in [0.25, 0.3) is 0 Å². The van der Waals surface area contributed by atoms with E-state index in [0.717, 1.165) is 0 Å². The molecule has 0 amide bonds. The van der Waals surface area contributed by atoms with Gasteiger partial charge in [0.05, 0.1) is 0 Å². The maximum atomic E-state index is 2.38. The average Bonchev–Trinajstić information content (AvgIpc) is 1.14. The Hall–Kier alpha value is 0. The van der Waals surface area contributed by atoms with Crippen LogP contribution in [0.1, 0.15) is 41.5 Å². The molecule has 0 rings (SSSR count). The molecular formula is C9H19. The lowest BCUT2D eigenvalue weighted by molar-refractivity contribution is 0.351. The van der Waals surface area contributed by atoms with Gasteiger partial charge in [0, 0.05) is 0 Å². The highest BCUT2D eigenvalue weighted by Crippen LogP contribution is 2.30. The molecule has 0 saturated heterocycles. The quantitative estimate of drug-likeness (QED) is 0.468. The first-order valence-electron chi connectivity index (χ1n) is 3.58. The summed E-state index contributed by atoms with van der Waals surface area (Å²) in [6.45, 7) is 13.4. The molecule has 0 aliphatic heterocycles. The van der Waals surface area contributed by atoms with Crippen molar-refractivity contribution in [3.8, 4) is 0 Å². The third kappa shape index (κ3) is 8.00. The van der Waals surface area contributed by atoms with Crippen LogP contribution in [0.5, 0.6) is 0 Å². The summed E-state index contributed by atoms with van der Waals surface area (Å²) in [5, 5.41) is 0. The van der Waals surface area contributed by atoms with Crippen LogP contribution in [-0.4, -0.2) is 0 Å². The second kappa shape index (κ2) is 2.32. The van der Waals surface area contributed by atoms with Gasteiger partial charge in [-0.2, -0.15) is 0 Å². The van der Waals surface area contributed by atoms with Crippen molar-refractivity contribution in [2.75, 3.05) is 0 Å². The van der Waals surface area contributed by atoms with E-state index in [-0.39, 0.29) is 0 Å². The predicted octanol–water partition coefficient (Wildman–Crippen LogP) is 3.28. The van der Waals surface area contributed by atoms with Crippen molar-refractivity contribution in [3.05, 3.63) is 6.42 Å². The highest BCUT2D eigenvalue weighted by Gasteiger charge is 2.20. The van der Waals surface area contributed by atoms with Gasteiger partial charge >= 0.3 is 0 Å². The molecule has 0 aromatic heterocycles. The summed E-state index contributed by atoms with van der Waals surface area (Å²) in [6, 6.07) is 0. The second-order valence-corrected chi connectivity index (χ2v) is 4.88. The van der Waals surface area contributed by atoms with Gasteiger partial charge in [-0.1, -0.05) is 41.5 Å².